The maximum Gasteiger partial charge on any atom is 0.348 e. The highest BCUT2D eigenvalue weighted by Gasteiger charge is 2.26. The molecule has 0 spiro atoms. The van der Waals surface area contributed by atoms with Crippen LogP contribution in [0.1, 0.15) is 38.9 Å². The maximum absolute atomic E-state index is 12.3. The van der Waals surface area contributed by atoms with Crippen LogP contribution in [0.2, 0.25) is 0 Å². The van der Waals surface area contributed by atoms with Crippen molar-refractivity contribution in [1.29, 1.82) is 0 Å². The third-order valence-electron chi connectivity index (χ3n) is 3.59. The van der Waals surface area contributed by atoms with E-state index in [1.807, 2.05) is 30.3 Å². The van der Waals surface area contributed by atoms with Gasteiger partial charge in [-0.25, -0.2) is 9.59 Å². The molecule has 0 saturated carbocycles. The zero-order chi connectivity index (χ0) is 19.8. The second kappa shape index (κ2) is 10.1. The van der Waals surface area contributed by atoms with Crippen LogP contribution >= 0.6 is 23.1 Å². The van der Waals surface area contributed by atoms with Gasteiger partial charge in [0.2, 0.25) is 5.91 Å². The summed E-state index contributed by atoms with van der Waals surface area (Å²) in [6.07, 6.45) is 0.270. The number of thiophene rings is 1. The van der Waals surface area contributed by atoms with E-state index >= 15 is 0 Å². The summed E-state index contributed by atoms with van der Waals surface area (Å²) in [6.45, 7) is 3.53. The van der Waals surface area contributed by atoms with Gasteiger partial charge in [-0.2, -0.15) is 0 Å². The number of benzene rings is 1. The Kier molecular flexibility index (Phi) is 7.87. The number of carbonyl (C=O) groups is 3. The first kappa shape index (κ1) is 21.0. The molecule has 1 aromatic carbocycles. The Morgan fingerprint density at radius 2 is 1.85 bits per heavy atom. The number of rotatable bonds is 8. The minimum Gasteiger partial charge on any atom is -0.465 e. The monoisotopic (exact) mass is 407 g/mol. The number of carbonyl (C=O) groups excluding carboxylic acids is 3. The maximum atomic E-state index is 12.3. The molecule has 27 heavy (non-hydrogen) atoms. The summed E-state index contributed by atoms with van der Waals surface area (Å²) in [5.74, 6) is -0.765. The molecule has 2 rings (SSSR count). The molecule has 0 aliphatic heterocycles. The first-order valence-corrected chi connectivity index (χ1v) is 10.1. The van der Waals surface area contributed by atoms with Gasteiger partial charge in [0.25, 0.3) is 0 Å². The van der Waals surface area contributed by atoms with Crippen LogP contribution in [0.3, 0.4) is 0 Å². The van der Waals surface area contributed by atoms with Gasteiger partial charge in [-0.05, 0) is 31.5 Å². The average molecular weight is 408 g/mol. The topological polar surface area (TPSA) is 81.7 Å². The number of esters is 2. The zero-order valence-electron chi connectivity index (χ0n) is 15.4. The van der Waals surface area contributed by atoms with Gasteiger partial charge < -0.3 is 14.8 Å². The minimum atomic E-state index is -0.574. The van der Waals surface area contributed by atoms with E-state index in [-0.39, 0.29) is 29.4 Å². The highest BCUT2D eigenvalue weighted by molar-refractivity contribution is 7.99. The van der Waals surface area contributed by atoms with Crippen molar-refractivity contribution < 1.29 is 23.9 Å². The number of thioether (sulfide) groups is 1. The molecule has 0 saturated heterocycles. The lowest BCUT2D eigenvalue weighted by Crippen LogP contribution is -2.15. The molecule has 1 N–H and O–H groups in total. The lowest BCUT2D eigenvalue weighted by atomic mass is 10.1. The summed E-state index contributed by atoms with van der Waals surface area (Å²) in [7, 11) is 1.27. The first-order chi connectivity index (χ1) is 13.0. The molecule has 0 bridgehead atoms. The van der Waals surface area contributed by atoms with E-state index in [1.54, 1.807) is 25.6 Å². The van der Waals surface area contributed by atoms with Crippen molar-refractivity contribution in [1.82, 2.24) is 0 Å². The number of amides is 1. The van der Waals surface area contributed by atoms with E-state index in [0.29, 0.717) is 16.3 Å². The van der Waals surface area contributed by atoms with Crippen molar-refractivity contribution in [3.05, 3.63) is 46.3 Å². The molecule has 144 valence electrons. The van der Waals surface area contributed by atoms with Gasteiger partial charge >= 0.3 is 11.9 Å². The lowest BCUT2D eigenvalue weighted by molar-refractivity contribution is -0.115. The number of hydrogen-bond acceptors (Lipinski definition) is 7. The average Bonchev–Trinajstić information content (AvgIpc) is 2.98. The Bertz CT molecular complexity index is 817. The summed E-state index contributed by atoms with van der Waals surface area (Å²) in [6, 6.07) is 9.78. The summed E-state index contributed by atoms with van der Waals surface area (Å²) >= 11 is 2.59. The number of methoxy groups -OCH3 is 1. The summed E-state index contributed by atoms with van der Waals surface area (Å²) in [5.41, 5.74) is 0.644. The lowest BCUT2D eigenvalue weighted by Gasteiger charge is -2.07. The highest BCUT2D eigenvalue weighted by atomic mass is 32.2. The van der Waals surface area contributed by atoms with Gasteiger partial charge in [-0.1, -0.05) is 18.2 Å². The van der Waals surface area contributed by atoms with E-state index in [1.165, 1.54) is 7.11 Å². The van der Waals surface area contributed by atoms with Crippen LogP contribution in [0.4, 0.5) is 5.00 Å². The predicted octanol–water partition coefficient (Wildman–Crippen LogP) is 4.14. The van der Waals surface area contributed by atoms with Crippen molar-refractivity contribution in [2.45, 2.75) is 25.2 Å². The van der Waals surface area contributed by atoms with Crippen molar-refractivity contribution in [3.63, 3.8) is 0 Å². The molecule has 0 aliphatic rings. The van der Waals surface area contributed by atoms with E-state index in [9.17, 15) is 14.4 Å². The van der Waals surface area contributed by atoms with Crippen molar-refractivity contribution in [3.8, 4) is 0 Å². The van der Waals surface area contributed by atoms with E-state index in [4.69, 9.17) is 9.47 Å². The standard InChI is InChI=1S/C19H21NO5S2/c1-4-25-18(22)15-12(2)16(19(23)24-3)27-17(15)20-14(21)10-11-26-13-8-6-5-7-9-13/h5-9H,4,10-11H2,1-3H3,(H,20,21). The number of ether oxygens (including phenoxy) is 2. The summed E-state index contributed by atoms with van der Waals surface area (Å²) < 4.78 is 9.80. The Morgan fingerprint density at radius 3 is 2.48 bits per heavy atom. The minimum absolute atomic E-state index is 0.197. The van der Waals surface area contributed by atoms with E-state index in [0.717, 1.165) is 16.2 Å². The fourth-order valence-corrected chi connectivity index (χ4v) is 4.31. The van der Waals surface area contributed by atoms with Crippen LogP contribution < -0.4 is 5.32 Å². The molecule has 0 radical (unpaired) electrons. The molecule has 1 amide bonds. The zero-order valence-corrected chi connectivity index (χ0v) is 17.0. The molecular formula is C19H21NO5S2. The summed E-state index contributed by atoms with van der Waals surface area (Å²) in [4.78, 5) is 37.8. The van der Waals surface area contributed by atoms with Crippen molar-refractivity contribution in [2.75, 3.05) is 24.8 Å². The molecule has 0 unspecified atom stereocenters. The Morgan fingerprint density at radius 1 is 1.15 bits per heavy atom. The van der Waals surface area contributed by atoms with Crippen LogP contribution in [-0.2, 0) is 14.3 Å². The smallest absolute Gasteiger partial charge is 0.348 e. The first-order valence-electron chi connectivity index (χ1n) is 8.34. The number of nitrogens with one attached hydrogen (secondary N) is 1. The highest BCUT2D eigenvalue weighted by Crippen LogP contribution is 2.34. The molecule has 0 aliphatic carbocycles. The number of anilines is 1. The van der Waals surface area contributed by atoms with Crippen molar-refractivity contribution in [2.24, 2.45) is 0 Å². The molecule has 0 fully saturated rings. The van der Waals surface area contributed by atoms with Gasteiger partial charge in [0.15, 0.2) is 0 Å². The second-order valence-electron chi connectivity index (χ2n) is 5.43. The van der Waals surface area contributed by atoms with E-state index < -0.39 is 11.9 Å². The quantitative estimate of drug-likeness (QED) is 0.523. The molecular weight excluding hydrogens is 386 g/mol. The van der Waals surface area contributed by atoms with Crippen LogP contribution in [-0.4, -0.2) is 37.3 Å². The Balaban J connectivity index is 2.10. The second-order valence-corrected chi connectivity index (χ2v) is 7.62. The normalized spacial score (nSPS) is 10.3. The van der Waals surface area contributed by atoms with E-state index in [2.05, 4.69) is 5.32 Å². The van der Waals surface area contributed by atoms with Gasteiger partial charge in [0.1, 0.15) is 9.88 Å². The van der Waals surface area contributed by atoms with Crippen LogP contribution in [0.15, 0.2) is 35.2 Å². The van der Waals surface area contributed by atoms with Crippen LogP contribution in [0, 0.1) is 6.92 Å². The van der Waals surface area contributed by atoms with Gasteiger partial charge in [0, 0.05) is 17.1 Å². The van der Waals surface area contributed by atoms with Gasteiger partial charge in [0.05, 0.1) is 19.3 Å². The van der Waals surface area contributed by atoms with Crippen molar-refractivity contribution >= 4 is 45.9 Å². The van der Waals surface area contributed by atoms with Crippen LogP contribution in [0.5, 0.6) is 0 Å². The molecule has 6 nitrogen and oxygen atoms in total. The molecule has 2 aromatic rings. The molecule has 0 atom stereocenters. The predicted molar refractivity (Wildman–Crippen MR) is 107 cm³/mol. The van der Waals surface area contributed by atoms with Gasteiger partial charge in [-0.3, -0.25) is 4.79 Å². The number of hydrogen-bond donors (Lipinski definition) is 1. The largest absolute Gasteiger partial charge is 0.465 e. The SMILES string of the molecule is CCOC(=O)c1c(NC(=O)CCSc2ccccc2)sc(C(=O)OC)c1C. The molecule has 1 aromatic heterocycles. The van der Waals surface area contributed by atoms with Crippen LogP contribution in [0.25, 0.3) is 0 Å². The fourth-order valence-electron chi connectivity index (χ4n) is 2.31. The van der Waals surface area contributed by atoms with Gasteiger partial charge in [-0.15, -0.1) is 23.1 Å². The third kappa shape index (κ3) is 5.58. The molecule has 8 heteroatoms. The fraction of sp³-hybridized carbons (Fsp3) is 0.316. The Labute approximate surface area is 166 Å². The molecule has 1 heterocycles. The third-order valence-corrected chi connectivity index (χ3v) is 5.79. The summed E-state index contributed by atoms with van der Waals surface area (Å²) in [5, 5.41) is 3.04. The Hall–Kier alpha value is -2.32.